The quantitative estimate of drug-likeness (QED) is 0.658. The molecule has 1 unspecified atom stereocenters. The summed E-state index contributed by atoms with van der Waals surface area (Å²) >= 11 is 6.32. The number of nitrogens with zero attached hydrogens (tertiary/aromatic N) is 2. The number of rotatable bonds is 5. The van der Waals surface area contributed by atoms with Crippen molar-refractivity contribution in [2.75, 3.05) is 0 Å². The second-order valence-corrected chi connectivity index (χ2v) is 6.09. The smallest absolute Gasteiger partial charge is 0.0847 e. The fourth-order valence-electron chi connectivity index (χ4n) is 2.48. The zero-order valence-electron chi connectivity index (χ0n) is 13.0. The van der Waals surface area contributed by atoms with E-state index < -0.39 is 0 Å². The minimum Gasteiger partial charge on any atom is -0.271 e. The van der Waals surface area contributed by atoms with Crippen molar-refractivity contribution in [1.82, 2.24) is 15.2 Å². The van der Waals surface area contributed by atoms with Gasteiger partial charge < -0.3 is 0 Å². The molecule has 0 saturated carbocycles. The first-order valence-electron chi connectivity index (χ1n) is 7.18. The molecule has 3 N–H and O–H groups in total. The number of nitrogens with two attached hydrogens (primary N) is 1. The van der Waals surface area contributed by atoms with Gasteiger partial charge in [-0.2, -0.15) is 5.10 Å². The Balaban J connectivity index is 2.23. The van der Waals surface area contributed by atoms with E-state index in [9.17, 15) is 0 Å². The van der Waals surface area contributed by atoms with Gasteiger partial charge in [0.1, 0.15) is 0 Å². The zero-order chi connectivity index (χ0) is 15.6. The minimum atomic E-state index is 0.0125. The molecular formula is C16H23ClN4. The lowest BCUT2D eigenvalue weighted by molar-refractivity contribution is 0.530. The molecule has 1 aromatic heterocycles. The number of aromatic nitrogens is 2. The van der Waals surface area contributed by atoms with Crippen LogP contribution in [0.3, 0.4) is 0 Å². The van der Waals surface area contributed by atoms with Gasteiger partial charge in [0, 0.05) is 13.5 Å². The second kappa shape index (κ2) is 6.60. The van der Waals surface area contributed by atoms with Gasteiger partial charge in [-0.3, -0.25) is 16.0 Å². The van der Waals surface area contributed by atoms with E-state index in [-0.39, 0.29) is 6.04 Å². The highest BCUT2D eigenvalue weighted by atomic mass is 35.5. The number of hydrogen-bond donors (Lipinski definition) is 2. The molecule has 2 aromatic rings. The van der Waals surface area contributed by atoms with Crippen LogP contribution < -0.4 is 11.3 Å². The molecule has 0 aliphatic carbocycles. The molecule has 0 spiro atoms. The molecule has 0 bridgehead atoms. The summed E-state index contributed by atoms with van der Waals surface area (Å²) in [5.41, 5.74) is 7.19. The van der Waals surface area contributed by atoms with E-state index in [4.69, 9.17) is 17.4 Å². The largest absolute Gasteiger partial charge is 0.271 e. The predicted octanol–water partition coefficient (Wildman–Crippen LogP) is 3.25. The summed E-state index contributed by atoms with van der Waals surface area (Å²) in [6.07, 6.45) is 0.702. The summed E-state index contributed by atoms with van der Waals surface area (Å²) in [5.74, 6) is 6.26. The number of benzene rings is 1. The van der Waals surface area contributed by atoms with E-state index in [2.05, 4.69) is 48.6 Å². The van der Waals surface area contributed by atoms with Crippen molar-refractivity contribution in [3.8, 4) is 0 Å². The Bertz CT molecular complexity index is 601. The lowest BCUT2D eigenvalue weighted by Gasteiger charge is -2.17. The molecule has 0 radical (unpaired) electrons. The molecule has 1 heterocycles. The molecule has 4 nitrogen and oxygen atoms in total. The van der Waals surface area contributed by atoms with E-state index in [1.54, 1.807) is 0 Å². The third-order valence-corrected chi connectivity index (χ3v) is 4.36. The van der Waals surface area contributed by atoms with Crippen molar-refractivity contribution < 1.29 is 0 Å². The van der Waals surface area contributed by atoms with Crippen molar-refractivity contribution in [2.24, 2.45) is 12.9 Å². The van der Waals surface area contributed by atoms with Gasteiger partial charge >= 0.3 is 0 Å². The Hall–Kier alpha value is -1.36. The normalized spacial score (nSPS) is 12.9. The second-order valence-electron chi connectivity index (χ2n) is 5.71. The lowest BCUT2D eigenvalue weighted by Crippen LogP contribution is -2.30. The van der Waals surface area contributed by atoms with Crippen LogP contribution in [0.25, 0.3) is 0 Å². The Morgan fingerprint density at radius 2 is 1.81 bits per heavy atom. The maximum absolute atomic E-state index is 6.32. The highest BCUT2D eigenvalue weighted by Crippen LogP contribution is 2.26. The first-order valence-corrected chi connectivity index (χ1v) is 7.55. The minimum absolute atomic E-state index is 0.0125. The molecule has 5 heteroatoms. The van der Waals surface area contributed by atoms with Crippen molar-refractivity contribution in [3.05, 3.63) is 51.8 Å². The molecule has 0 aliphatic rings. The molecule has 0 aliphatic heterocycles. The molecular weight excluding hydrogens is 284 g/mol. The van der Waals surface area contributed by atoms with Gasteiger partial charge in [0.15, 0.2) is 0 Å². The summed E-state index contributed by atoms with van der Waals surface area (Å²) in [6.45, 7) is 6.28. The maximum Gasteiger partial charge on any atom is 0.0847 e. The summed E-state index contributed by atoms with van der Waals surface area (Å²) in [4.78, 5) is 0. The number of nitrogens with one attached hydrogen (secondary N) is 1. The number of hydrogen-bond acceptors (Lipinski definition) is 3. The summed E-state index contributed by atoms with van der Waals surface area (Å²) in [6, 6.07) is 8.56. The van der Waals surface area contributed by atoms with Crippen LogP contribution in [-0.4, -0.2) is 9.78 Å². The van der Waals surface area contributed by atoms with E-state index in [1.807, 2.05) is 18.7 Å². The monoisotopic (exact) mass is 306 g/mol. The van der Waals surface area contributed by atoms with Crippen molar-refractivity contribution in [2.45, 2.75) is 39.2 Å². The topological polar surface area (TPSA) is 55.9 Å². The summed E-state index contributed by atoms with van der Waals surface area (Å²) in [5, 5.41) is 5.06. The van der Waals surface area contributed by atoms with Crippen molar-refractivity contribution in [1.29, 1.82) is 0 Å². The van der Waals surface area contributed by atoms with Crippen LogP contribution in [-0.2, 0) is 13.5 Å². The van der Waals surface area contributed by atoms with Gasteiger partial charge in [0.05, 0.1) is 22.5 Å². The van der Waals surface area contributed by atoms with Gasteiger partial charge in [-0.15, -0.1) is 0 Å². The molecule has 1 aromatic carbocycles. The molecule has 1 atom stereocenters. The summed E-state index contributed by atoms with van der Waals surface area (Å²) in [7, 11) is 1.91. The van der Waals surface area contributed by atoms with Crippen LogP contribution in [0.5, 0.6) is 0 Å². The van der Waals surface area contributed by atoms with E-state index in [0.29, 0.717) is 12.3 Å². The van der Waals surface area contributed by atoms with Crippen LogP contribution in [0.15, 0.2) is 24.3 Å². The van der Waals surface area contributed by atoms with Gasteiger partial charge in [-0.1, -0.05) is 49.7 Å². The highest BCUT2D eigenvalue weighted by Gasteiger charge is 2.17. The van der Waals surface area contributed by atoms with Gasteiger partial charge in [-0.05, 0) is 24.0 Å². The van der Waals surface area contributed by atoms with Gasteiger partial charge in [-0.25, -0.2) is 0 Å². The SMILES string of the molecule is Cc1nn(C)c(CC(NN)c2ccc(C(C)C)cc2)c1Cl. The third-order valence-electron chi connectivity index (χ3n) is 3.87. The Labute approximate surface area is 131 Å². The Morgan fingerprint density at radius 1 is 1.24 bits per heavy atom. The maximum atomic E-state index is 6.32. The Kier molecular flexibility index (Phi) is 5.04. The average Bonchev–Trinajstić information content (AvgIpc) is 2.70. The third kappa shape index (κ3) is 3.46. The van der Waals surface area contributed by atoms with Gasteiger partial charge in [0.2, 0.25) is 0 Å². The highest BCUT2D eigenvalue weighted by molar-refractivity contribution is 6.31. The van der Waals surface area contributed by atoms with Crippen LogP contribution in [0.1, 0.15) is 48.3 Å². The predicted molar refractivity (Wildman–Crippen MR) is 87.3 cm³/mol. The van der Waals surface area contributed by atoms with E-state index in [1.165, 1.54) is 5.56 Å². The molecule has 114 valence electrons. The number of aryl methyl sites for hydroxylation is 2. The molecule has 0 saturated heterocycles. The molecule has 21 heavy (non-hydrogen) atoms. The molecule has 2 rings (SSSR count). The first kappa shape index (κ1) is 16.0. The van der Waals surface area contributed by atoms with Crippen LogP contribution in [0.2, 0.25) is 5.02 Å². The van der Waals surface area contributed by atoms with E-state index >= 15 is 0 Å². The average molecular weight is 307 g/mol. The van der Waals surface area contributed by atoms with Crippen LogP contribution in [0, 0.1) is 6.92 Å². The summed E-state index contributed by atoms with van der Waals surface area (Å²) < 4.78 is 1.82. The van der Waals surface area contributed by atoms with Gasteiger partial charge in [0.25, 0.3) is 0 Å². The lowest BCUT2D eigenvalue weighted by atomic mass is 9.97. The number of hydrazine groups is 1. The van der Waals surface area contributed by atoms with Crippen LogP contribution >= 0.6 is 11.6 Å². The van der Waals surface area contributed by atoms with E-state index in [0.717, 1.165) is 22.0 Å². The fourth-order valence-corrected chi connectivity index (χ4v) is 2.72. The molecule has 0 amide bonds. The van der Waals surface area contributed by atoms with Crippen molar-refractivity contribution in [3.63, 3.8) is 0 Å². The molecule has 0 fully saturated rings. The zero-order valence-corrected chi connectivity index (χ0v) is 13.8. The fraction of sp³-hybridized carbons (Fsp3) is 0.438. The van der Waals surface area contributed by atoms with Crippen LogP contribution in [0.4, 0.5) is 0 Å². The number of halogens is 1. The standard InChI is InChI=1S/C16H23ClN4/c1-10(2)12-5-7-13(8-6-12)14(19-18)9-15-16(17)11(3)20-21(15)4/h5-8,10,14,19H,9,18H2,1-4H3. The first-order chi connectivity index (χ1) is 9.93. The Morgan fingerprint density at radius 3 is 2.24 bits per heavy atom. The van der Waals surface area contributed by atoms with Crippen molar-refractivity contribution >= 4 is 11.6 Å².